The fourth-order valence-electron chi connectivity index (χ4n) is 6.27. The fourth-order valence-corrected chi connectivity index (χ4v) is 6.27. The number of hydrogen-bond acceptors (Lipinski definition) is 7. The zero-order valence-corrected chi connectivity index (χ0v) is 18.3. The molecular weight excluding hydrogens is 426 g/mol. The van der Waals surface area contributed by atoms with Gasteiger partial charge in [-0.2, -0.15) is 4.68 Å². The molecule has 1 saturated carbocycles. The van der Waals surface area contributed by atoms with Crippen LogP contribution in [0.2, 0.25) is 0 Å². The van der Waals surface area contributed by atoms with Crippen molar-refractivity contribution in [2.24, 2.45) is 11.8 Å². The highest BCUT2D eigenvalue weighted by atomic mass is 16.5. The van der Waals surface area contributed by atoms with E-state index in [1.54, 1.807) is 17.9 Å². The average molecular weight is 451 g/mol. The molecule has 4 aliphatic rings. The van der Waals surface area contributed by atoms with Crippen LogP contribution in [0.3, 0.4) is 0 Å². The number of tetrazole rings is 1. The molecule has 4 atom stereocenters. The van der Waals surface area contributed by atoms with Crippen LogP contribution < -0.4 is 4.74 Å². The highest BCUT2D eigenvalue weighted by Crippen LogP contribution is 2.56. The highest BCUT2D eigenvalue weighted by molar-refractivity contribution is 5.91. The minimum absolute atomic E-state index is 0.180. The van der Waals surface area contributed by atoms with Crippen LogP contribution in [0.4, 0.5) is 0 Å². The summed E-state index contributed by atoms with van der Waals surface area (Å²) in [4.78, 5) is 27.7. The quantitative estimate of drug-likeness (QED) is 0.682. The van der Waals surface area contributed by atoms with E-state index >= 15 is 0 Å². The van der Waals surface area contributed by atoms with Crippen molar-refractivity contribution in [3.8, 4) is 11.4 Å². The van der Waals surface area contributed by atoms with Gasteiger partial charge in [-0.25, -0.2) is 0 Å². The standard InChI is InChI=1S/C23H25N5O5/c1-32-15-7-5-14(6-8-15)28-21(24-25-26-28)22(10-3-2-4-11-22)27-13-23-12-9-16(33-23)17(20(30)31)18(23)19(27)29/h5-9,12,16-18H,2-4,10-11,13H2,1H3,(H,30,31)/t16-,17-,18+,23+/m0/s1. The van der Waals surface area contributed by atoms with E-state index in [1.165, 1.54) is 0 Å². The highest BCUT2D eigenvalue weighted by Gasteiger charge is 2.69. The molecular formula is C23H25N5O5. The van der Waals surface area contributed by atoms with Crippen LogP contribution >= 0.6 is 0 Å². The molecule has 2 aromatic rings. The van der Waals surface area contributed by atoms with E-state index < -0.39 is 35.0 Å². The number of aromatic nitrogens is 4. The molecule has 6 rings (SSSR count). The summed E-state index contributed by atoms with van der Waals surface area (Å²) in [7, 11) is 1.61. The number of amides is 1. The minimum atomic E-state index is -0.993. The van der Waals surface area contributed by atoms with Crippen molar-refractivity contribution >= 4 is 11.9 Å². The summed E-state index contributed by atoms with van der Waals surface area (Å²) in [5, 5.41) is 22.5. The number of carbonyl (C=O) groups excluding carboxylic acids is 1. The lowest BCUT2D eigenvalue weighted by Crippen LogP contribution is -2.52. The molecule has 10 heteroatoms. The van der Waals surface area contributed by atoms with Gasteiger partial charge in [0.05, 0.1) is 31.4 Å². The SMILES string of the molecule is COc1ccc(-n2nnnc2C2(N3C[C@@]45C=C[C@H](O4)[C@H](C(=O)O)[C@@H]5C3=O)CCCCC2)cc1. The van der Waals surface area contributed by atoms with E-state index in [2.05, 4.69) is 15.5 Å². The van der Waals surface area contributed by atoms with Crippen LogP contribution in [0.15, 0.2) is 36.4 Å². The third-order valence-corrected chi connectivity index (χ3v) is 7.79. The summed E-state index contributed by atoms with van der Waals surface area (Å²) in [6, 6.07) is 7.44. The lowest BCUT2D eigenvalue weighted by atomic mass is 9.77. The van der Waals surface area contributed by atoms with Crippen LogP contribution in [0.25, 0.3) is 5.69 Å². The van der Waals surface area contributed by atoms with Gasteiger partial charge in [0.15, 0.2) is 5.82 Å². The molecule has 33 heavy (non-hydrogen) atoms. The van der Waals surface area contributed by atoms with Crippen molar-refractivity contribution < 1.29 is 24.2 Å². The van der Waals surface area contributed by atoms with Gasteiger partial charge in [-0.05, 0) is 47.5 Å². The second kappa shape index (κ2) is 7.11. The van der Waals surface area contributed by atoms with Crippen LogP contribution in [0, 0.1) is 11.8 Å². The first kappa shape index (κ1) is 20.3. The summed E-state index contributed by atoms with van der Waals surface area (Å²) >= 11 is 0. The van der Waals surface area contributed by atoms with E-state index in [9.17, 15) is 14.7 Å². The monoisotopic (exact) mass is 451 g/mol. The summed E-state index contributed by atoms with van der Waals surface area (Å²) in [5.41, 5.74) is -0.852. The number of nitrogens with zero attached hydrogens (tertiary/aromatic N) is 5. The molecule has 10 nitrogen and oxygen atoms in total. The Kier molecular flexibility index (Phi) is 4.39. The molecule has 1 aliphatic carbocycles. The molecule has 4 heterocycles. The van der Waals surface area contributed by atoms with Gasteiger partial charge in [-0.3, -0.25) is 9.59 Å². The Morgan fingerprint density at radius 1 is 1.21 bits per heavy atom. The average Bonchev–Trinajstić information content (AvgIpc) is 3.60. The molecule has 1 aromatic heterocycles. The third kappa shape index (κ3) is 2.73. The fraction of sp³-hybridized carbons (Fsp3) is 0.522. The zero-order valence-electron chi connectivity index (χ0n) is 18.3. The van der Waals surface area contributed by atoms with Crippen LogP contribution in [-0.2, 0) is 19.9 Å². The summed E-state index contributed by atoms with van der Waals surface area (Å²) in [6.07, 6.45) is 7.48. The molecule has 172 valence electrons. The molecule has 1 spiro atoms. The summed E-state index contributed by atoms with van der Waals surface area (Å²) in [6.45, 7) is 0.308. The van der Waals surface area contributed by atoms with E-state index in [0.29, 0.717) is 25.2 Å². The Morgan fingerprint density at radius 3 is 2.67 bits per heavy atom. The molecule has 3 fully saturated rings. The first-order valence-corrected chi connectivity index (χ1v) is 11.3. The van der Waals surface area contributed by atoms with Crippen molar-refractivity contribution in [2.45, 2.75) is 49.3 Å². The van der Waals surface area contributed by atoms with Crippen LogP contribution in [-0.4, -0.2) is 67.4 Å². The number of carboxylic acid groups (broad SMARTS) is 1. The number of likely N-dealkylation sites (tertiary alicyclic amines) is 1. The number of aliphatic carboxylic acids is 1. The third-order valence-electron chi connectivity index (χ3n) is 7.79. The van der Waals surface area contributed by atoms with E-state index in [-0.39, 0.29) is 5.91 Å². The molecule has 1 amide bonds. The summed E-state index contributed by atoms with van der Waals surface area (Å²) in [5.74, 6) is -1.45. The Hall–Kier alpha value is -3.27. The van der Waals surface area contributed by atoms with Gasteiger partial charge < -0.3 is 19.5 Å². The molecule has 0 radical (unpaired) electrons. The minimum Gasteiger partial charge on any atom is -0.497 e. The number of benzene rings is 1. The zero-order chi connectivity index (χ0) is 22.8. The predicted octanol–water partition coefficient (Wildman–Crippen LogP) is 1.70. The van der Waals surface area contributed by atoms with Gasteiger partial charge >= 0.3 is 5.97 Å². The van der Waals surface area contributed by atoms with E-state index in [0.717, 1.165) is 30.7 Å². The van der Waals surface area contributed by atoms with Gasteiger partial charge in [-0.15, -0.1) is 5.10 Å². The van der Waals surface area contributed by atoms with Crippen LogP contribution in [0.1, 0.15) is 37.9 Å². The van der Waals surface area contributed by atoms with Gasteiger partial charge in [0, 0.05) is 0 Å². The van der Waals surface area contributed by atoms with E-state index in [4.69, 9.17) is 9.47 Å². The Bertz CT molecular complexity index is 1140. The smallest absolute Gasteiger partial charge is 0.310 e. The number of carboxylic acids is 1. The van der Waals surface area contributed by atoms with Crippen molar-refractivity contribution in [3.63, 3.8) is 0 Å². The molecule has 1 aromatic carbocycles. The topological polar surface area (TPSA) is 120 Å². The number of hydrogen-bond donors (Lipinski definition) is 1. The number of ether oxygens (including phenoxy) is 2. The maximum absolute atomic E-state index is 13.9. The normalized spacial score (nSPS) is 31.7. The van der Waals surface area contributed by atoms with Gasteiger partial charge in [0.1, 0.15) is 22.8 Å². The maximum atomic E-state index is 13.9. The maximum Gasteiger partial charge on any atom is 0.310 e. The number of fused-ring (bicyclic) bond motifs is 1. The van der Waals surface area contributed by atoms with Crippen molar-refractivity contribution in [1.82, 2.24) is 25.1 Å². The molecule has 0 unspecified atom stereocenters. The first-order valence-electron chi connectivity index (χ1n) is 11.3. The second-order valence-electron chi connectivity index (χ2n) is 9.37. The Labute approximate surface area is 190 Å². The largest absolute Gasteiger partial charge is 0.497 e. The second-order valence-corrected chi connectivity index (χ2v) is 9.37. The first-order chi connectivity index (χ1) is 16.0. The lowest BCUT2D eigenvalue weighted by Gasteiger charge is -2.44. The van der Waals surface area contributed by atoms with Crippen LogP contribution in [0.5, 0.6) is 5.75 Å². The predicted molar refractivity (Wildman–Crippen MR) is 114 cm³/mol. The summed E-state index contributed by atoms with van der Waals surface area (Å²) < 4.78 is 13.1. The Morgan fingerprint density at radius 2 is 1.97 bits per heavy atom. The molecule has 1 N–H and O–H groups in total. The Balaban J connectivity index is 1.44. The van der Waals surface area contributed by atoms with E-state index in [1.807, 2.05) is 35.2 Å². The number of methoxy groups -OCH3 is 1. The molecule has 3 aliphatic heterocycles. The molecule has 2 bridgehead atoms. The number of carbonyl (C=O) groups is 2. The van der Waals surface area contributed by atoms with Crippen molar-refractivity contribution in [2.75, 3.05) is 13.7 Å². The lowest BCUT2D eigenvalue weighted by molar-refractivity contribution is -0.150. The molecule has 2 saturated heterocycles. The van der Waals surface area contributed by atoms with Crippen molar-refractivity contribution in [1.29, 1.82) is 0 Å². The van der Waals surface area contributed by atoms with Crippen molar-refractivity contribution in [3.05, 3.63) is 42.2 Å². The van der Waals surface area contributed by atoms with Gasteiger partial charge in [0.25, 0.3) is 0 Å². The number of rotatable bonds is 5. The van der Waals surface area contributed by atoms with Gasteiger partial charge in [-0.1, -0.05) is 31.4 Å². The van der Waals surface area contributed by atoms with Gasteiger partial charge in [0.2, 0.25) is 5.91 Å².